The molecule has 2 aromatic heterocycles. The van der Waals surface area contributed by atoms with E-state index in [1.165, 1.54) is 0 Å². The van der Waals surface area contributed by atoms with Crippen LogP contribution >= 0.6 is 46.1 Å². The molecule has 4 rings (SSSR count). The highest BCUT2D eigenvalue weighted by Gasteiger charge is 2.11. The number of hydrogen-bond acceptors (Lipinski definition) is 3. The van der Waals surface area contributed by atoms with Gasteiger partial charge in [-0.05, 0) is 55.0 Å². The predicted molar refractivity (Wildman–Crippen MR) is 111 cm³/mol. The fraction of sp³-hybridized carbons (Fsp3) is 0.0500. The van der Waals surface area contributed by atoms with Crippen molar-refractivity contribution in [1.82, 2.24) is 4.98 Å². The summed E-state index contributed by atoms with van der Waals surface area (Å²) in [7, 11) is 0. The third-order valence-electron chi connectivity index (χ3n) is 3.95. The fourth-order valence-corrected chi connectivity index (χ4v) is 4.22. The molecule has 130 valence electrons. The predicted octanol–water partition coefficient (Wildman–Crippen LogP) is 8.02. The Kier molecular flexibility index (Phi) is 4.80. The van der Waals surface area contributed by atoms with Gasteiger partial charge >= 0.3 is 0 Å². The van der Waals surface area contributed by atoms with Crippen LogP contribution in [0.5, 0.6) is 11.5 Å². The Bertz CT molecular complexity index is 1100. The minimum atomic E-state index is 0.450. The van der Waals surface area contributed by atoms with Crippen LogP contribution in [0.1, 0.15) is 5.56 Å². The topological polar surface area (TPSA) is 22.1 Å². The van der Waals surface area contributed by atoms with E-state index in [1.54, 1.807) is 29.5 Å². The number of fused-ring (bicyclic) bond motifs is 1. The first-order chi connectivity index (χ1) is 12.5. The Balaban J connectivity index is 1.75. The van der Waals surface area contributed by atoms with E-state index in [0.717, 1.165) is 32.1 Å². The van der Waals surface area contributed by atoms with Gasteiger partial charge in [0.05, 0.1) is 31.2 Å². The van der Waals surface area contributed by atoms with Gasteiger partial charge in [0.2, 0.25) is 0 Å². The summed E-state index contributed by atoms with van der Waals surface area (Å²) in [5.41, 5.74) is 2.90. The molecule has 0 unspecified atom stereocenters. The van der Waals surface area contributed by atoms with Crippen molar-refractivity contribution in [3.63, 3.8) is 0 Å². The number of halogens is 3. The Morgan fingerprint density at radius 2 is 1.73 bits per heavy atom. The van der Waals surface area contributed by atoms with Crippen molar-refractivity contribution in [3.8, 4) is 22.1 Å². The summed E-state index contributed by atoms with van der Waals surface area (Å²) in [6.45, 7) is 2.05. The number of ether oxygens (including phenoxy) is 1. The summed E-state index contributed by atoms with van der Waals surface area (Å²) < 4.78 is 5.91. The molecule has 0 aliphatic heterocycles. The zero-order valence-electron chi connectivity index (χ0n) is 13.6. The van der Waals surface area contributed by atoms with Gasteiger partial charge in [-0.1, -0.05) is 40.9 Å². The Morgan fingerprint density at radius 1 is 0.962 bits per heavy atom. The van der Waals surface area contributed by atoms with Gasteiger partial charge in [0, 0.05) is 10.8 Å². The normalized spacial score (nSPS) is 11.1. The molecule has 0 bridgehead atoms. The van der Waals surface area contributed by atoms with Gasteiger partial charge in [-0.3, -0.25) is 0 Å². The maximum absolute atomic E-state index is 6.19. The van der Waals surface area contributed by atoms with E-state index < -0.39 is 0 Å². The second kappa shape index (κ2) is 7.09. The molecule has 0 saturated carbocycles. The van der Waals surface area contributed by atoms with Crippen LogP contribution in [0.2, 0.25) is 15.1 Å². The fourth-order valence-electron chi connectivity index (χ4n) is 2.71. The number of thiophene rings is 1. The molecule has 26 heavy (non-hydrogen) atoms. The quantitative estimate of drug-likeness (QED) is 0.334. The van der Waals surface area contributed by atoms with Crippen molar-refractivity contribution in [3.05, 3.63) is 74.5 Å². The van der Waals surface area contributed by atoms with Gasteiger partial charge in [0.1, 0.15) is 5.75 Å². The first-order valence-electron chi connectivity index (χ1n) is 7.79. The molecule has 0 fully saturated rings. The zero-order valence-corrected chi connectivity index (χ0v) is 16.7. The van der Waals surface area contributed by atoms with E-state index in [4.69, 9.17) is 44.5 Å². The van der Waals surface area contributed by atoms with Crippen LogP contribution in [0, 0.1) is 6.92 Å². The minimum absolute atomic E-state index is 0.450. The molecule has 4 aromatic rings. The van der Waals surface area contributed by atoms with Crippen molar-refractivity contribution in [2.45, 2.75) is 6.92 Å². The van der Waals surface area contributed by atoms with Crippen LogP contribution in [0.25, 0.3) is 21.5 Å². The highest BCUT2D eigenvalue weighted by Crippen LogP contribution is 2.37. The number of nitrogens with zero attached hydrogens (tertiary/aromatic N) is 1. The molecule has 6 heteroatoms. The first-order valence-corrected chi connectivity index (χ1v) is 9.80. The molecule has 0 radical (unpaired) electrons. The third-order valence-corrected chi connectivity index (χ3v) is 5.84. The number of pyridine rings is 1. The van der Waals surface area contributed by atoms with Gasteiger partial charge in [0.15, 0.2) is 5.75 Å². The number of aromatic nitrogens is 1. The van der Waals surface area contributed by atoms with Gasteiger partial charge in [0.25, 0.3) is 0 Å². The molecule has 2 nitrogen and oxygen atoms in total. The molecule has 0 aliphatic carbocycles. The van der Waals surface area contributed by atoms with Crippen molar-refractivity contribution >= 4 is 57.0 Å². The van der Waals surface area contributed by atoms with Gasteiger partial charge in [-0.15, -0.1) is 11.3 Å². The number of rotatable bonds is 3. The van der Waals surface area contributed by atoms with Gasteiger partial charge in [-0.2, -0.15) is 0 Å². The van der Waals surface area contributed by atoms with E-state index in [2.05, 4.69) is 13.0 Å². The minimum Gasteiger partial charge on any atom is -0.454 e. The average molecular weight is 421 g/mol. The standard InChI is InChI=1S/C20H12Cl3NOS/c1-11-7-18(19-8-12(21)10-26-19)24-17-6-5-13(9-14(11)17)25-20-15(22)3-2-4-16(20)23/h2-10H,1H3. The van der Waals surface area contributed by atoms with Crippen molar-refractivity contribution in [1.29, 1.82) is 0 Å². The smallest absolute Gasteiger partial charge is 0.164 e. The number of para-hydroxylation sites is 1. The molecular formula is C20H12Cl3NOS. The second-order valence-corrected chi connectivity index (χ2v) is 7.95. The van der Waals surface area contributed by atoms with E-state index >= 15 is 0 Å². The Morgan fingerprint density at radius 3 is 2.42 bits per heavy atom. The largest absolute Gasteiger partial charge is 0.454 e. The SMILES string of the molecule is Cc1cc(-c2cc(Cl)cs2)nc2ccc(Oc3c(Cl)cccc3Cl)cc12. The van der Waals surface area contributed by atoms with Crippen LogP contribution in [-0.4, -0.2) is 4.98 Å². The summed E-state index contributed by atoms with van der Waals surface area (Å²) in [5.74, 6) is 1.11. The molecule has 0 saturated heterocycles. The van der Waals surface area contributed by atoms with Crippen LogP contribution in [0.4, 0.5) is 0 Å². The lowest BCUT2D eigenvalue weighted by Crippen LogP contribution is -1.90. The first kappa shape index (κ1) is 17.6. The number of aryl methyl sites for hydroxylation is 1. The lowest BCUT2D eigenvalue weighted by atomic mass is 10.1. The van der Waals surface area contributed by atoms with Crippen LogP contribution < -0.4 is 4.74 Å². The van der Waals surface area contributed by atoms with Crippen molar-refractivity contribution < 1.29 is 4.74 Å². The maximum atomic E-state index is 6.19. The average Bonchev–Trinajstić information content (AvgIpc) is 3.05. The lowest BCUT2D eigenvalue weighted by molar-refractivity contribution is 0.484. The zero-order chi connectivity index (χ0) is 18.3. The summed E-state index contributed by atoms with van der Waals surface area (Å²) in [6, 6.07) is 15.0. The van der Waals surface area contributed by atoms with Crippen LogP contribution in [-0.2, 0) is 0 Å². The molecule has 0 atom stereocenters. The lowest BCUT2D eigenvalue weighted by Gasteiger charge is -2.11. The summed E-state index contributed by atoms with van der Waals surface area (Å²) >= 11 is 20.0. The molecule has 2 aromatic carbocycles. The maximum Gasteiger partial charge on any atom is 0.164 e. The molecule has 2 heterocycles. The number of hydrogen-bond donors (Lipinski definition) is 0. The van der Waals surface area contributed by atoms with E-state index in [0.29, 0.717) is 21.5 Å². The monoisotopic (exact) mass is 419 g/mol. The highest BCUT2D eigenvalue weighted by atomic mass is 35.5. The van der Waals surface area contributed by atoms with Crippen LogP contribution in [0.3, 0.4) is 0 Å². The Hall–Kier alpha value is -1.78. The molecular weight excluding hydrogens is 409 g/mol. The summed E-state index contributed by atoms with van der Waals surface area (Å²) in [4.78, 5) is 5.79. The molecule has 0 N–H and O–H groups in total. The van der Waals surface area contributed by atoms with Gasteiger partial charge < -0.3 is 4.74 Å². The van der Waals surface area contributed by atoms with E-state index in [1.807, 2.05) is 29.6 Å². The van der Waals surface area contributed by atoms with Crippen LogP contribution in [0.15, 0.2) is 53.9 Å². The number of benzene rings is 2. The molecule has 0 amide bonds. The third kappa shape index (κ3) is 3.40. The Labute approximate surface area is 169 Å². The van der Waals surface area contributed by atoms with E-state index in [9.17, 15) is 0 Å². The van der Waals surface area contributed by atoms with Crippen molar-refractivity contribution in [2.75, 3.05) is 0 Å². The van der Waals surface area contributed by atoms with E-state index in [-0.39, 0.29) is 0 Å². The molecule has 0 aliphatic rings. The summed E-state index contributed by atoms with van der Waals surface area (Å²) in [5, 5.41) is 4.58. The molecule has 0 spiro atoms. The second-order valence-electron chi connectivity index (χ2n) is 5.79. The summed E-state index contributed by atoms with van der Waals surface area (Å²) in [6.07, 6.45) is 0. The highest BCUT2D eigenvalue weighted by molar-refractivity contribution is 7.14. The van der Waals surface area contributed by atoms with Crippen molar-refractivity contribution in [2.24, 2.45) is 0 Å². The van der Waals surface area contributed by atoms with Gasteiger partial charge in [-0.25, -0.2) is 4.98 Å².